The summed E-state index contributed by atoms with van der Waals surface area (Å²) in [5, 5.41) is 10.9. The van der Waals surface area contributed by atoms with Gasteiger partial charge in [0, 0.05) is 12.5 Å². The minimum absolute atomic E-state index is 0.00457. The van der Waals surface area contributed by atoms with Gasteiger partial charge in [0.25, 0.3) is 29.2 Å². The fourth-order valence-electron chi connectivity index (χ4n) is 7.57. The van der Waals surface area contributed by atoms with Gasteiger partial charge in [-0.3, -0.25) is 48.3 Å². The number of carbonyl (C=O) groups is 6. The third-order valence-corrected chi connectivity index (χ3v) is 10.5. The Labute approximate surface area is 284 Å². The van der Waals surface area contributed by atoms with Crippen molar-refractivity contribution in [2.45, 2.75) is 70.0 Å². The van der Waals surface area contributed by atoms with E-state index in [1.807, 2.05) is 0 Å². The summed E-state index contributed by atoms with van der Waals surface area (Å²) in [6.45, 7) is 1.31. The summed E-state index contributed by atoms with van der Waals surface area (Å²) in [7, 11) is 0. The first-order chi connectivity index (χ1) is 24.0. The predicted molar refractivity (Wildman–Crippen MR) is 174 cm³/mol. The lowest BCUT2D eigenvalue weighted by molar-refractivity contribution is -0.136. The molecule has 0 bridgehead atoms. The second kappa shape index (κ2) is 11.3. The molecule has 2 aromatic heterocycles. The van der Waals surface area contributed by atoms with Crippen LogP contribution in [0.15, 0.2) is 41.5 Å². The first-order valence-electron chi connectivity index (χ1n) is 16.4. The van der Waals surface area contributed by atoms with Gasteiger partial charge in [0.1, 0.15) is 46.8 Å². The van der Waals surface area contributed by atoms with Crippen LogP contribution in [0.2, 0.25) is 0 Å². The van der Waals surface area contributed by atoms with Crippen molar-refractivity contribution in [3.63, 3.8) is 0 Å². The van der Waals surface area contributed by atoms with Gasteiger partial charge in [-0.25, -0.2) is 9.97 Å². The normalized spacial score (nSPS) is 21.1. The Hall–Kier alpha value is -5.93. The molecule has 2 aliphatic carbocycles. The molecular formula is C34H32N8O8. The SMILES string of the molecule is Cc1cc(Nc2cc(NC(=O)COc3ccc4c(c3)C(=O)N(C3CCC(=O)NC3=O)C4=O)ncn2)c(=O)n2c1C(=O)NC21CCC2(CC2)CC1. The molecule has 4 N–H and O–H groups in total. The molecule has 0 radical (unpaired) electrons. The van der Waals surface area contributed by atoms with Crippen LogP contribution in [-0.2, 0) is 20.0 Å². The van der Waals surface area contributed by atoms with Crippen LogP contribution in [0, 0.1) is 12.3 Å². The van der Waals surface area contributed by atoms with Crippen molar-refractivity contribution in [2.75, 3.05) is 17.2 Å². The van der Waals surface area contributed by atoms with E-state index in [4.69, 9.17) is 4.74 Å². The molecule has 1 aromatic carbocycles. The van der Waals surface area contributed by atoms with E-state index < -0.39 is 47.8 Å². The first kappa shape index (κ1) is 31.3. The topological polar surface area (TPSA) is 211 Å². The molecule has 6 amide bonds. The maximum absolute atomic E-state index is 13.8. The quantitative estimate of drug-likeness (QED) is 0.265. The summed E-state index contributed by atoms with van der Waals surface area (Å²) < 4.78 is 7.20. The number of hydrogen-bond donors (Lipinski definition) is 4. The number of aromatic nitrogens is 3. The van der Waals surface area contributed by atoms with Crippen LogP contribution < -0.4 is 31.6 Å². The lowest BCUT2D eigenvalue weighted by Gasteiger charge is -2.39. The van der Waals surface area contributed by atoms with Gasteiger partial charge >= 0.3 is 0 Å². The predicted octanol–water partition coefficient (Wildman–Crippen LogP) is 1.86. The van der Waals surface area contributed by atoms with Crippen molar-refractivity contribution >= 4 is 52.8 Å². The zero-order valence-electron chi connectivity index (χ0n) is 27.0. The molecule has 5 aliphatic rings. The smallest absolute Gasteiger partial charge is 0.276 e. The van der Waals surface area contributed by atoms with Crippen LogP contribution in [-0.4, -0.2) is 67.5 Å². The lowest BCUT2D eigenvalue weighted by atomic mass is 9.79. The minimum atomic E-state index is -1.10. The number of pyridine rings is 1. The van der Waals surface area contributed by atoms with E-state index in [0.717, 1.165) is 17.7 Å². The molecule has 8 rings (SSSR count). The van der Waals surface area contributed by atoms with Gasteiger partial charge in [0.05, 0.1) is 11.1 Å². The molecule has 16 heteroatoms. The molecule has 16 nitrogen and oxygen atoms in total. The number of piperidine rings is 1. The van der Waals surface area contributed by atoms with Crippen molar-refractivity contribution in [1.82, 2.24) is 30.1 Å². The number of benzene rings is 1. The fourth-order valence-corrected chi connectivity index (χ4v) is 7.57. The van der Waals surface area contributed by atoms with Gasteiger partial charge < -0.3 is 20.7 Å². The number of fused-ring (bicyclic) bond motifs is 3. The van der Waals surface area contributed by atoms with E-state index in [1.54, 1.807) is 17.6 Å². The van der Waals surface area contributed by atoms with Gasteiger partial charge in [0.15, 0.2) is 6.61 Å². The van der Waals surface area contributed by atoms with Crippen LogP contribution in [0.3, 0.4) is 0 Å². The zero-order chi connectivity index (χ0) is 34.9. The number of carbonyl (C=O) groups excluding carboxylic acids is 6. The standard InChI is InChI=1S/C34H32N8O8/c1-17-12-21(32(49)42-27(17)29(46)40-34(42)10-8-33(6-7-33)9-11-34)37-23-14-24(36-16-35-23)38-26(44)15-50-18-2-3-19-20(13-18)31(48)41(30(19)47)22-4-5-25(43)39-28(22)45/h2-3,12-14,16,22H,4-11,15H2,1H3,(H,40,46)(H,39,43,45)(H2,35,36,37,38,44). The van der Waals surface area contributed by atoms with E-state index in [1.165, 1.54) is 43.4 Å². The highest BCUT2D eigenvalue weighted by atomic mass is 16.5. The van der Waals surface area contributed by atoms with Gasteiger partial charge in [-0.1, -0.05) is 0 Å². The van der Waals surface area contributed by atoms with Crippen LogP contribution in [0.5, 0.6) is 5.75 Å². The highest BCUT2D eigenvalue weighted by Gasteiger charge is 2.54. The number of rotatable bonds is 7. The van der Waals surface area contributed by atoms with Crippen LogP contribution in [0.4, 0.5) is 17.3 Å². The van der Waals surface area contributed by atoms with E-state index in [9.17, 15) is 33.6 Å². The molecule has 3 aromatic rings. The molecule has 2 saturated carbocycles. The Kier molecular flexibility index (Phi) is 7.09. The van der Waals surface area contributed by atoms with Crippen molar-refractivity contribution in [3.05, 3.63) is 69.4 Å². The molecule has 1 saturated heterocycles. The van der Waals surface area contributed by atoms with Crippen molar-refractivity contribution in [1.29, 1.82) is 0 Å². The summed E-state index contributed by atoms with van der Waals surface area (Å²) in [6.07, 6.45) is 6.96. The van der Waals surface area contributed by atoms with E-state index in [-0.39, 0.29) is 58.5 Å². The number of aryl methyl sites for hydroxylation is 1. The molecule has 5 heterocycles. The zero-order valence-corrected chi connectivity index (χ0v) is 27.0. The van der Waals surface area contributed by atoms with Crippen LogP contribution in [0.25, 0.3) is 0 Å². The van der Waals surface area contributed by atoms with Gasteiger partial charge in [0.2, 0.25) is 11.8 Å². The fraction of sp³-hybridized carbons (Fsp3) is 0.382. The maximum atomic E-state index is 13.8. The molecule has 1 atom stereocenters. The second-order valence-electron chi connectivity index (χ2n) is 13.6. The lowest BCUT2D eigenvalue weighted by Crippen LogP contribution is -2.54. The second-order valence-corrected chi connectivity index (χ2v) is 13.6. The largest absolute Gasteiger partial charge is 0.484 e. The Bertz CT molecular complexity index is 2110. The summed E-state index contributed by atoms with van der Waals surface area (Å²) in [5.74, 6) is -2.87. The van der Waals surface area contributed by atoms with Gasteiger partial charge in [-0.15, -0.1) is 0 Å². The van der Waals surface area contributed by atoms with Crippen molar-refractivity contribution in [2.24, 2.45) is 5.41 Å². The number of amides is 6. The summed E-state index contributed by atoms with van der Waals surface area (Å²) in [6, 6.07) is 6.10. The molecule has 2 spiro atoms. The first-order valence-corrected chi connectivity index (χ1v) is 16.4. The average molecular weight is 681 g/mol. The molecule has 3 aliphatic heterocycles. The number of nitrogens with zero attached hydrogens (tertiary/aromatic N) is 4. The summed E-state index contributed by atoms with van der Waals surface area (Å²) in [4.78, 5) is 98.6. The number of imide groups is 2. The number of anilines is 3. The van der Waals surface area contributed by atoms with Crippen molar-refractivity contribution < 1.29 is 33.5 Å². The highest BCUT2D eigenvalue weighted by Crippen LogP contribution is 2.59. The Balaban J connectivity index is 0.929. The molecule has 1 unspecified atom stereocenters. The summed E-state index contributed by atoms with van der Waals surface area (Å²) in [5.41, 5.74) is 0.615. The molecule has 50 heavy (non-hydrogen) atoms. The number of hydrogen-bond acceptors (Lipinski definition) is 11. The van der Waals surface area contributed by atoms with Crippen molar-refractivity contribution in [3.8, 4) is 5.75 Å². The summed E-state index contributed by atoms with van der Waals surface area (Å²) >= 11 is 0. The van der Waals surface area contributed by atoms with Gasteiger partial charge in [-0.2, -0.15) is 0 Å². The number of ether oxygens (including phenoxy) is 1. The van der Waals surface area contributed by atoms with E-state index in [0.29, 0.717) is 29.5 Å². The molecular weight excluding hydrogens is 648 g/mol. The average Bonchev–Trinajstić information content (AvgIpc) is 3.72. The van der Waals surface area contributed by atoms with Gasteiger partial charge in [-0.05, 0) is 87.1 Å². The molecule has 256 valence electrons. The monoisotopic (exact) mass is 680 g/mol. The Morgan fingerprint density at radius 2 is 1.66 bits per heavy atom. The number of nitrogens with one attached hydrogen (secondary N) is 4. The van der Waals surface area contributed by atoms with Crippen LogP contribution >= 0.6 is 0 Å². The highest BCUT2D eigenvalue weighted by molar-refractivity contribution is 6.23. The third-order valence-electron chi connectivity index (χ3n) is 10.5. The third kappa shape index (κ3) is 5.18. The van der Waals surface area contributed by atoms with E-state index in [2.05, 4.69) is 31.2 Å². The van der Waals surface area contributed by atoms with E-state index >= 15 is 0 Å². The van der Waals surface area contributed by atoms with Crippen LogP contribution in [0.1, 0.15) is 88.1 Å². The molecule has 3 fully saturated rings. The maximum Gasteiger partial charge on any atom is 0.276 e. The Morgan fingerprint density at radius 1 is 0.940 bits per heavy atom. The minimum Gasteiger partial charge on any atom is -0.484 e. The Morgan fingerprint density at radius 3 is 2.40 bits per heavy atom.